The monoisotopic (exact) mass is 468 g/mol. The summed E-state index contributed by atoms with van der Waals surface area (Å²) >= 11 is 6.77. The Balaban J connectivity index is 1.87. The van der Waals surface area contributed by atoms with Crippen LogP contribution >= 0.6 is 22.9 Å². The Morgan fingerprint density at radius 2 is 1.69 bits per heavy atom. The second-order valence-corrected chi connectivity index (χ2v) is 7.93. The van der Waals surface area contributed by atoms with Crippen LogP contribution in [-0.4, -0.2) is 24.3 Å². The maximum atomic E-state index is 12.9. The van der Waals surface area contributed by atoms with E-state index in [-0.39, 0.29) is 51.1 Å². The van der Waals surface area contributed by atoms with Crippen molar-refractivity contribution in [2.45, 2.75) is 13.5 Å². The number of nitrogen functional groups attached to an aromatic ring is 1. The van der Waals surface area contributed by atoms with Gasteiger partial charge < -0.3 is 15.2 Å². The smallest absolute Gasteiger partial charge is 0.348 e. The predicted octanol–water partition coefficient (Wildman–Crippen LogP) is 4.62. The number of benzene rings is 2. The van der Waals surface area contributed by atoms with Crippen molar-refractivity contribution in [3.63, 3.8) is 0 Å². The molecular weight excluding hydrogens is 452 g/mol. The lowest BCUT2D eigenvalue weighted by Gasteiger charge is -2.10. The van der Waals surface area contributed by atoms with Gasteiger partial charge in [0.2, 0.25) is 0 Å². The van der Waals surface area contributed by atoms with Crippen molar-refractivity contribution in [2.75, 3.05) is 12.3 Å². The quantitative estimate of drug-likeness (QED) is 0.396. The fraction of sp³-hybridized carbons (Fsp3) is 0.130. The number of anilines is 1. The number of hydrogen-bond donors (Lipinski definition) is 1. The predicted molar refractivity (Wildman–Crippen MR) is 120 cm³/mol. The minimum absolute atomic E-state index is 0.0480. The van der Waals surface area contributed by atoms with Gasteiger partial charge in [0.1, 0.15) is 22.6 Å². The highest BCUT2D eigenvalue weighted by atomic mass is 35.5. The number of nitrogens with two attached hydrogens (primary N) is 1. The van der Waals surface area contributed by atoms with E-state index < -0.39 is 11.9 Å². The fourth-order valence-corrected chi connectivity index (χ4v) is 3.98. The SMILES string of the molecule is CCOC(=O)c1sc(N)c(C#N)c1COC(=O)c1ccccc1C(=O)c1ccc(Cl)cc1. The molecule has 9 heteroatoms. The van der Waals surface area contributed by atoms with E-state index in [1.807, 2.05) is 6.07 Å². The molecule has 3 rings (SSSR count). The summed E-state index contributed by atoms with van der Waals surface area (Å²) < 4.78 is 10.4. The Bertz CT molecular complexity index is 1230. The molecule has 0 unspecified atom stereocenters. The number of carbonyl (C=O) groups is 3. The highest BCUT2D eigenvalue weighted by molar-refractivity contribution is 7.18. The van der Waals surface area contributed by atoms with Crippen molar-refractivity contribution in [1.82, 2.24) is 0 Å². The summed E-state index contributed by atoms with van der Waals surface area (Å²) in [4.78, 5) is 38.0. The summed E-state index contributed by atoms with van der Waals surface area (Å²) in [7, 11) is 0. The molecule has 0 aliphatic heterocycles. The van der Waals surface area contributed by atoms with E-state index >= 15 is 0 Å². The molecule has 0 amide bonds. The van der Waals surface area contributed by atoms with Crippen molar-refractivity contribution in [3.8, 4) is 6.07 Å². The molecular formula is C23H17ClN2O5S. The van der Waals surface area contributed by atoms with E-state index in [1.54, 1.807) is 43.3 Å². The zero-order valence-electron chi connectivity index (χ0n) is 16.9. The number of halogens is 1. The molecule has 0 aliphatic rings. The molecule has 2 aromatic carbocycles. The number of carbonyl (C=O) groups excluding carboxylic acids is 3. The summed E-state index contributed by atoms with van der Waals surface area (Å²) in [6, 6.07) is 14.4. The van der Waals surface area contributed by atoms with Gasteiger partial charge in [-0.25, -0.2) is 9.59 Å². The lowest BCUT2D eigenvalue weighted by atomic mass is 9.98. The normalized spacial score (nSPS) is 10.3. The largest absolute Gasteiger partial charge is 0.462 e. The van der Waals surface area contributed by atoms with Crippen molar-refractivity contribution in [3.05, 3.63) is 86.2 Å². The van der Waals surface area contributed by atoms with Crippen LogP contribution in [0.2, 0.25) is 5.02 Å². The lowest BCUT2D eigenvalue weighted by Crippen LogP contribution is -2.14. The van der Waals surface area contributed by atoms with Gasteiger partial charge in [-0.1, -0.05) is 29.8 Å². The lowest BCUT2D eigenvalue weighted by molar-refractivity contribution is 0.0451. The Morgan fingerprint density at radius 1 is 1.03 bits per heavy atom. The van der Waals surface area contributed by atoms with Gasteiger partial charge in [0.15, 0.2) is 5.78 Å². The molecule has 2 N–H and O–H groups in total. The van der Waals surface area contributed by atoms with E-state index in [4.69, 9.17) is 26.8 Å². The maximum Gasteiger partial charge on any atom is 0.348 e. The Kier molecular flexibility index (Phi) is 7.25. The van der Waals surface area contributed by atoms with Crippen LogP contribution in [0.4, 0.5) is 5.00 Å². The Hall–Kier alpha value is -3.67. The molecule has 0 saturated heterocycles. The number of nitrogens with zero attached hydrogens (tertiary/aromatic N) is 1. The molecule has 0 bridgehead atoms. The molecule has 0 radical (unpaired) electrons. The third-order valence-electron chi connectivity index (χ3n) is 4.45. The zero-order valence-corrected chi connectivity index (χ0v) is 18.5. The van der Waals surface area contributed by atoms with E-state index in [0.29, 0.717) is 10.6 Å². The number of esters is 2. The van der Waals surface area contributed by atoms with Crippen LogP contribution in [-0.2, 0) is 16.1 Å². The van der Waals surface area contributed by atoms with Gasteiger partial charge >= 0.3 is 11.9 Å². The Labute approximate surface area is 192 Å². The average Bonchev–Trinajstić information content (AvgIpc) is 3.12. The summed E-state index contributed by atoms with van der Waals surface area (Å²) in [6.45, 7) is 1.40. The second-order valence-electron chi connectivity index (χ2n) is 6.44. The molecule has 7 nitrogen and oxygen atoms in total. The number of rotatable bonds is 7. The number of hydrogen-bond acceptors (Lipinski definition) is 8. The maximum absolute atomic E-state index is 12.9. The highest BCUT2D eigenvalue weighted by Gasteiger charge is 2.25. The number of ether oxygens (including phenoxy) is 2. The van der Waals surface area contributed by atoms with Crippen LogP contribution < -0.4 is 5.73 Å². The molecule has 1 aromatic heterocycles. The number of nitriles is 1. The van der Waals surface area contributed by atoms with Crippen LogP contribution in [0, 0.1) is 11.3 Å². The van der Waals surface area contributed by atoms with E-state index in [9.17, 15) is 19.6 Å². The number of ketones is 1. The molecule has 3 aromatic rings. The molecule has 162 valence electrons. The van der Waals surface area contributed by atoms with Crippen LogP contribution in [0.5, 0.6) is 0 Å². The first-order valence-corrected chi connectivity index (χ1v) is 10.6. The highest BCUT2D eigenvalue weighted by Crippen LogP contribution is 2.32. The van der Waals surface area contributed by atoms with Crippen molar-refractivity contribution < 1.29 is 23.9 Å². The van der Waals surface area contributed by atoms with Crippen molar-refractivity contribution >= 4 is 45.7 Å². The minimum Gasteiger partial charge on any atom is -0.462 e. The summed E-state index contributed by atoms with van der Waals surface area (Å²) in [5.41, 5.74) is 6.61. The van der Waals surface area contributed by atoms with Crippen LogP contribution in [0.25, 0.3) is 0 Å². The first-order valence-electron chi connectivity index (χ1n) is 9.42. The zero-order chi connectivity index (χ0) is 23.3. The van der Waals surface area contributed by atoms with Crippen molar-refractivity contribution in [2.24, 2.45) is 0 Å². The Morgan fingerprint density at radius 3 is 2.31 bits per heavy atom. The van der Waals surface area contributed by atoms with E-state index in [0.717, 1.165) is 11.3 Å². The third kappa shape index (κ3) is 4.80. The molecule has 0 spiro atoms. The molecule has 0 saturated carbocycles. The van der Waals surface area contributed by atoms with Crippen LogP contribution in [0.15, 0.2) is 48.5 Å². The first kappa shape index (κ1) is 23.0. The van der Waals surface area contributed by atoms with E-state index in [1.165, 1.54) is 12.1 Å². The molecule has 0 fully saturated rings. The number of thiophene rings is 1. The molecule has 1 heterocycles. The van der Waals surface area contributed by atoms with Gasteiger partial charge in [-0.05, 0) is 37.3 Å². The average molecular weight is 469 g/mol. The van der Waals surface area contributed by atoms with Gasteiger partial charge in [-0.2, -0.15) is 5.26 Å². The van der Waals surface area contributed by atoms with Gasteiger partial charge in [0.05, 0.1) is 17.7 Å². The molecule has 0 atom stereocenters. The molecule has 32 heavy (non-hydrogen) atoms. The molecule has 0 aliphatic carbocycles. The summed E-state index contributed by atoms with van der Waals surface area (Å²) in [5.74, 6) is -1.82. The van der Waals surface area contributed by atoms with Crippen LogP contribution in [0.3, 0.4) is 0 Å². The van der Waals surface area contributed by atoms with Crippen LogP contribution in [0.1, 0.15) is 54.0 Å². The standard InChI is InChI=1S/C23H17ClN2O5S/c1-2-30-23(29)20-18(17(11-25)21(26)32-20)12-31-22(28)16-6-4-3-5-15(16)19(27)13-7-9-14(24)10-8-13/h3-10H,2,12,26H2,1H3. The first-order chi connectivity index (χ1) is 15.4. The van der Waals surface area contributed by atoms with E-state index in [2.05, 4.69) is 0 Å². The van der Waals surface area contributed by atoms with Gasteiger partial charge in [-0.3, -0.25) is 4.79 Å². The van der Waals surface area contributed by atoms with Gasteiger partial charge in [0, 0.05) is 21.7 Å². The fourth-order valence-electron chi connectivity index (χ4n) is 2.94. The summed E-state index contributed by atoms with van der Waals surface area (Å²) in [5, 5.41) is 10.0. The summed E-state index contributed by atoms with van der Waals surface area (Å²) in [6.07, 6.45) is 0. The van der Waals surface area contributed by atoms with Gasteiger partial charge in [0.25, 0.3) is 0 Å². The minimum atomic E-state index is -0.786. The second kappa shape index (κ2) is 10.1. The van der Waals surface area contributed by atoms with Crippen molar-refractivity contribution in [1.29, 1.82) is 5.26 Å². The van der Waals surface area contributed by atoms with Gasteiger partial charge in [-0.15, -0.1) is 11.3 Å². The topological polar surface area (TPSA) is 119 Å². The third-order valence-corrected chi connectivity index (χ3v) is 5.75.